The molecule has 2 aromatic rings. The van der Waals surface area contributed by atoms with Crippen LogP contribution in [0, 0.1) is 0 Å². The first-order chi connectivity index (χ1) is 10.9. The molecule has 0 N–H and O–H groups in total. The summed E-state index contributed by atoms with van der Waals surface area (Å²) in [5, 5.41) is 4.05. The van der Waals surface area contributed by atoms with Crippen molar-refractivity contribution in [2.45, 2.75) is 38.5 Å². The van der Waals surface area contributed by atoms with Gasteiger partial charge in [0.25, 0.3) is 0 Å². The summed E-state index contributed by atoms with van der Waals surface area (Å²) in [4.78, 5) is 18.6. The average molecular weight is 315 g/mol. The Hall–Kier alpha value is -2.37. The lowest BCUT2D eigenvalue weighted by molar-refractivity contribution is -0.117. The van der Waals surface area contributed by atoms with Gasteiger partial charge < -0.3 is 14.2 Å². The number of anilines is 1. The smallest absolute Gasteiger partial charge is 0.232 e. The van der Waals surface area contributed by atoms with Crippen molar-refractivity contribution in [1.29, 1.82) is 0 Å². The fraction of sp³-hybridized carbons (Fsp3) is 0.471. The molecule has 3 rings (SSSR count). The molecule has 1 atom stereocenters. The van der Waals surface area contributed by atoms with Crippen LogP contribution in [-0.4, -0.2) is 29.7 Å². The molecule has 0 spiro atoms. The molecule has 0 saturated carbocycles. The van der Waals surface area contributed by atoms with Gasteiger partial charge in [0.1, 0.15) is 5.75 Å². The standard InChI is InChI=1S/C17H21N3O3/c1-17(2,3)16-18-15(23-19-16)11-9-14(21)20(10-11)12-7-5-6-8-13(12)22-4/h5-8,11H,9-10H2,1-4H3. The molecular weight excluding hydrogens is 294 g/mol. The van der Waals surface area contributed by atoms with Crippen LogP contribution in [0.4, 0.5) is 5.69 Å². The third-order valence-electron chi connectivity index (χ3n) is 3.96. The molecular formula is C17H21N3O3. The second-order valence-corrected chi connectivity index (χ2v) is 6.78. The van der Waals surface area contributed by atoms with Gasteiger partial charge >= 0.3 is 0 Å². The van der Waals surface area contributed by atoms with Crippen molar-refractivity contribution in [3.05, 3.63) is 36.0 Å². The highest BCUT2D eigenvalue weighted by molar-refractivity contribution is 5.97. The number of hydrogen-bond donors (Lipinski definition) is 0. The van der Waals surface area contributed by atoms with Gasteiger partial charge in [-0.15, -0.1) is 0 Å². The molecule has 1 aliphatic rings. The number of amides is 1. The molecule has 2 heterocycles. The summed E-state index contributed by atoms with van der Waals surface area (Å²) < 4.78 is 10.7. The van der Waals surface area contributed by atoms with Crippen molar-refractivity contribution in [2.24, 2.45) is 0 Å². The SMILES string of the molecule is COc1ccccc1N1CC(c2nc(C(C)(C)C)no2)CC1=O. The fourth-order valence-electron chi connectivity index (χ4n) is 2.66. The van der Waals surface area contributed by atoms with Crippen molar-refractivity contribution in [2.75, 3.05) is 18.6 Å². The number of rotatable bonds is 3. The zero-order valence-corrected chi connectivity index (χ0v) is 13.9. The Bertz CT molecular complexity index is 718. The highest BCUT2D eigenvalue weighted by Gasteiger charge is 2.36. The quantitative estimate of drug-likeness (QED) is 0.871. The summed E-state index contributed by atoms with van der Waals surface area (Å²) in [6.45, 7) is 6.61. The van der Waals surface area contributed by atoms with Crippen LogP contribution in [-0.2, 0) is 10.2 Å². The highest BCUT2D eigenvalue weighted by atomic mass is 16.5. The zero-order valence-electron chi connectivity index (χ0n) is 13.9. The van der Waals surface area contributed by atoms with E-state index in [1.807, 2.05) is 45.0 Å². The van der Waals surface area contributed by atoms with Crippen molar-refractivity contribution in [3.63, 3.8) is 0 Å². The predicted molar refractivity (Wildman–Crippen MR) is 85.7 cm³/mol. The predicted octanol–water partition coefficient (Wildman–Crippen LogP) is 2.90. The van der Waals surface area contributed by atoms with Gasteiger partial charge in [-0.1, -0.05) is 38.1 Å². The summed E-state index contributed by atoms with van der Waals surface area (Å²) in [7, 11) is 1.60. The molecule has 6 heteroatoms. The van der Waals surface area contributed by atoms with Gasteiger partial charge in [0.2, 0.25) is 11.8 Å². The summed E-state index contributed by atoms with van der Waals surface area (Å²) in [5.74, 6) is 1.82. The summed E-state index contributed by atoms with van der Waals surface area (Å²) in [5.41, 5.74) is 0.602. The summed E-state index contributed by atoms with van der Waals surface area (Å²) in [6, 6.07) is 7.50. The Morgan fingerprint density at radius 3 is 2.70 bits per heavy atom. The maximum absolute atomic E-state index is 12.4. The van der Waals surface area contributed by atoms with E-state index < -0.39 is 0 Å². The first kappa shape index (κ1) is 15.5. The first-order valence-electron chi connectivity index (χ1n) is 7.67. The maximum Gasteiger partial charge on any atom is 0.232 e. The first-order valence-corrected chi connectivity index (χ1v) is 7.67. The van der Waals surface area contributed by atoms with E-state index in [4.69, 9.17) is 9.26 Å². The number of para-hydroxylation sites is 2. The number of ether oxygens (including phenoxy) is 1. The minimum atomic E-state index is -0.174. The highest BCUT2D eigenvalue weighted by Crippen LogP contribution is 2.36. The average Bonchev–Trinajstić information content (AvgIpc) is 3.13. The number of benzene rings is 1. The number of aromatic nitrogens is 2. The monoisotopic (exact) mass is 315 g/mol. The van der Waals surface area contributed by atoms with Crippen LogP contribution >= 0.6 is 0 Å². The maximum atomic E-state index is 12.4. The minimum absolute atomic E-state index is 0.0370. The van der Waals surface area contributed by atoms with Crippen molar-refractivity contribution in [1.82, 2.24) is 10.1 Å². The number of carbonyl (C=O) groups excluding carboxylic acids is 1. The third-order valence-corrected chi connectivity index (χ3v) is 3.96. The van der Waals surface area contributed by atoms with E-state index in [-0.39, 0.29) is 17.2 Å². The molecule has 1 saturated heterocycles. The third kappa shape index (κ3) is 2.93. The Balaban J connectivity index is 1.84. The van der Waals surface area contributed by atoms with E-state index >= 15 is 0 Å². The topological polar surface area (TPSA) is 68.5 Å². The van der Waals surface area contributed by atoms with E-state index in [0.29, 0.717) is 30.4 Å². The van der Waals surface area contributed by atoms with Crippen LogP contribution in [0.1, 0.15) is 44.8 Å². The van der Waals surface area contributed by atoms with Crippen LogP contribution < -0.4 is 9.64 Å². The number of nitrogens with zero attached hydrogens (tertiary/aromatic N) is 3. The lowest BCUT2D eigenvalue weighted by Gasteiger charge is -2.18. The van der Waals surface area contributed by atoms with Crippen molar-refractivity contribution < 1.29 is 14.1 Å². The molecule has 0 radical (unpaired) electrons. The fourth-order valence-corrected chi connectivity index (χ4v) is 2.66. The molecule has 6 nitrogen and oxygen atoms in total. The molecule has 0 aliphatic carbocycles. The van der Waals surface area contributed by atoms with E-state index in [1.54, 1.807) is 12.0 Å². The van der Waals surface area contributed by atoms with Gasteiger partial charge in [-0.2, -0.15) is 4.98 Å². The van der Waals surface area contributed by atoms with Gasteiger partial charge in [0.05, 0.1) is 18.7 Å². The molecule has 1 unspecified atom stereocenters. The van der Waals surface area contributed by atoms with E-state index in [9.17, 15) is 4.79 Å². The zero-order chi connectivity index (χ0) is 16.6. The van der Waals surface area contributed by atoms with Crippen LogP contribution in [0.25, 0.3) is 0 Å². The van der Waals surface area contributed by atoms with Gasteiger partial charge in [-0.05, 0) is 12.1 Å². The van der Waals surface area contributed by atoms with Crippen LogP contribution in [0.3, 0.4) is 0 Å². The number of hydrogen-bond acceptors (Lipinski definition) is 5. The molecule has 122 valence electrons. The molecule has 23 heavy (non-hydrogen) atoms. The van der Waals surface area contributed by atoms with E-state index in [1.165, 1.54) is 0 Å². The molecule has 1 aliphatic heterocycles. The van der Waals surface area contributed by atoms with Crippen molar-refractivity contribution >= 4 is 11.6 Å². The van der Waals surface area contributed by atoms with Gasteiger partial charge in [0.15, 0.2) is 5.82 Å². The van der Waals surface area contributed by atoms with Gasteiger partial charge in [0, 0.05) is 18.4 Å². The second kappa shape index (κ2) is 5.68. The largest absolute Gasteiger partial charge is 0.495 e. The summed E-state index contributed by atoms with van der Waals surface area (Å²) in [6.07, 6.45) is 0.365. The van der Waals surface area contributed by atoms with Crippen molar-refractivity contribution in [3.8, 4) is 5.75 Å². The number of methoxy groups -OCH3 is 1. The minimum Gasteiger partial charge on any atom is -0.495 e. The lowest BCUT2D eigenvalue weighted by atomic mass is 9.96. The molecule has 1 aromatic carbocycles. The van der Waals surface area contributed by atoms with Crippen LogP contribution in [0.5, 0.6) is 5.75 Å². The second-order valence-electron chi connectivity index (χ2n) is 6.78. The molecule has 1 aromatic heterocycles. The molecule has 1 fully saturated rings. The Kier molecular flexibility index (Phi) is 3.83. The summed E-state index contributed by atoms with van der Waals surface area (Å²) >= 11 is 0. The van der Waals surface area contributed by atoms with Crippen LogP contribution in [0.15, 0.2) is 28.8 Å². The lowest BCUT2D eigenvalue weighted by Crippen LogP contribution is -2.24. The van der Waals surface area contributed by atoms with Crippen LogP contribution in [0.2, 0.25) is 0 Å². The Morgan fingerprint density at radius 2 is 2.04 bits per heavy atom. The Morgan fingerprint density at radius 1 is 1.30 bits per heavy atom. The molecule has 1 amide bonds. The van der Waals surface area contributed by atoms with E-state index in [0.717, 1.165) is 5.69 Å². The Labute approximate surface area is 135 Å². The normalized spacial score (nSPS) is 18.5. The van der Waals surface area contributed by atoms with Gasteiger partial charge in [-0.3, -0.25) is 4.79 Å². The number of carbonyl (C=O) groups is 1. The van der Waals surface area contributed by atoms with Gasteiger partial charge in [-0.25, -0.2) is 0 Å². The molecule has 0 bridgehead atoms. The van der Waals surface area contributed by atoms with E-state index in [2.05, 4.69) is 10.1 Å².